The summed E-state index contributed by atoms with van der Waals surface area (Å²) < 4.78 is 61.2. The lowest BCUT2D eigenvalue weighted by atomic mass is 10.4. The van der Waals surface area contributed by atoms with Crippen molar-refractivity contribution in [2.75, 3.05) is 5.73 Å². The highest BCUT2D eigenvalue weighted by molar-refractivity contribution is 9.10. The summed E-state index contributed by atoms with van der Waals surface area (Å²) in [5.41, 5.74) is 4.44. The number of alkyl halides is 3. The number of ether oxygens (including phenoxy) is 1. The second-order valence-electron chi connectivity index (χ2n) is 2.64. The van der Waals surface area contributed by atoms with Gasteiger partial charge in [0.1, 0.15) is 4.90 Å². The summed E-state index contributed by atoms with van der Waals surface area (Å²) in [7, 11) is 0.648. The Bertz CT molecular complexity index is 548. The van der Waals surface area contributed by atoms with E-state index in [0.717, 1.165) is 0 Å². The van der Waals surface area contributed by atoms with Gasteiger partial charge in [-0.2, -0.15) is 0 Å². The topological polar surface area (TPSA) is 82.3 Å². The Hall–Kier alpha value is -0.740. The smallest absolute Gasteiger partial charge is 0.401 e. The van der Waals surface area contributed by atoms with E-state index in [1.54, 1.807) is 0 Å². The maximum absolute atomic E-state index is 12.0. The second-order valence-corrected chi connectivity index (χ2v) is 5.93. The van der Waals surface area contributed by atoms with Gasteiger partial charge in [-0.1, -0.05) is 0 Å². The number of anilines is 1. The van der Waals surface area contributed by atoms with Crippen molar-refractivity contribution in [2.24, 2.45) is 0 Å². The molecule has 2 N–H and O–H groups in total. The molecule has 17 heavy (non-hydrogen) atoms. The predicted molar refractivity (Wildman–Crippen MR) is 56.1 cm³/mol. The van der Waals surface area contributed by atoms with Crippen LogP contribution < -0.4 is 10.5 Å². The summed E-state index contributed by atoms with van der Waals surface area (Å²) >= 11 is 2.65. The van der Waals surface area contributed by atoms with Crippen molar-refractivity contribution >= 4 is 41.4 Å². The molecule has 0 saturated carbocycles. The minimum Gasteiger partial charge on any atom is -0.401 e. The van der Waals surface area contributed by atoms with E-state index in [1.807, 2.05) is 0 Å². The zero-order valence-corrected chi connectivity index (χ0v) is 10.8. The van der Waals surface area contributed by atoms with Gasteiger partial charge in [-0.25, -0.2) is 13.4 Å². The van der Waals surface area contributed by atoms with E-state index >= 15 is 0 Å². The van der Waals surface area contributed by atoms with Crippen LogP contribution in [-0.4, -0.2) is 19.8 Å². The third-order valence-corrected chi connectivity index (χ3v) is 3.39. The number of halogens is 5. The average Bonchev–Trinajstić information content (AvgIpc) is 2.08. The summed E-state index contributed by atoms with van der Waals surface area (Å²) in [6, 6.07) is 0. The fourth-order valence-corrected chi connectivity index (χ4v) is 2.17. The van der Waals surface area contributed by atoms with Crippen molar-refractivity contribution in [3.8, 4) is 5.75 Å². The Morgan fingerprint density at radius 1 is 1.47 bits per heavy atom. The number of nitrogens with zero attached hydrogens (tertiary/aromatic N) is 1. The molecule has 0 radical (unpaired) electrons. The molecule has 0 spiro atoms. The quantitative estimate of drug-likeness (QED) is 0.650. The number of hydrogen-bond acceptors (Lipinski definition) is 5. The molecule has 0 aromatic carbocycles. The fraction of sp³-hybridized carbons (Fsp3) is 0.167. The lowest BCUT2D eigenvalue weighted by Crippen LogP contribution is -2.19. The normalized spacial score (nSPS) is 12.5. The number of rotatable bonds is 2. The van der Waals surface area contributed by atoms with Gasteiger partial charge in [0.2, 0.25) is 0 Å². The number of hydrogen-bond donors (Lipinski definition) is 1. The van der Waals surface area contributed by atoms with Crippen molar-refractivity contribution in [1.82, 2.24) is 4.98 Å². The SMILES string of the molecule is Nc1c(S(=O)(=O)Cl)cnc(Br)c1OC(F)(F)F. The number of aromatic nitrogens is 1. The molecular formula is C6H3BrClF3N2O3S. The van der Waals surface area contributed by atoms with E-state index in [2.05, 4.69) is 25.7 Å². The molecule has 0 aliphatic rings. The summed E-state index contributed by atoms with van der Waals surface area (Å²) in [5, 5.41) is 0. The molecule has 5 nitrogen and oxygen atoms in total. The third kappa shape index (κ3) is 3.61. The van der Waals surface area contributed by atoms with Crippen LogP contribution in [0.2, 0.25) is 0 Å². The van der Waals surface area contributed by atoms with Crippen LogP contribution in [0.3, 0.4) is 0 Å². The highest BCUT2D eigenvalue weighted by Gasteiger charge is 2.34. The van der Waals surface area contributed by atoms with Crippen molar-refractivity contribution in [3.05, 3.63) is 10.8 Å². The van der Waals surface area contributed by atoms with Crippen LogP contribution in [-0.2, 0) is 9.05 Å². The van der Waals surface area contributed by atoms with Gasteiger partial charge in [0.25, 0.3) is 9.05 Å². The lowest BCUT2D eigenvalue weighted by Gasteiger charge is -2.13. The molecule has 1 rings (SSSR count). The maximum atomic E-state index is 12.0. The number of pyridine rings is 1. The second kappa shape index (κ2) is 4.50. The van der Waals surface area contributed by atoms with Crippen molar-refractivity contribution in [2.45, 2.75) is 11.3 Å². The van der Waals surface area contributed by atoms with Crippen LogP contribution >= 0.6 is 26.6 Å². The molecule has 0 unspecified atom stereocenters. The number of nitrogen functional groups attached to an aromatic ring is 1. The van der Waals surface area contributed by atoms with Gasteiger partial charge in [-0.05, 0) is 15.9 Å². The third-order valence-electron chi connectivity index (χ3n) is 1.47. The largest absolute Gasteiger partial charge is 0.573 e. The molecule has 0 aliphatic heterocycles. The standard InChI is InChI=1S/C6H3BrClF3N2O3S/c7-5-4(16-6(9,10)11)3(12)2(1-13-5)17(8,14)15/h1H,(H2,12,13). The van der Waals surface area contributed by atoms with Gasteiger partial charge in [-0.3, -0.25) is 0 Å². The first-order valence-electron chi connectivity index (χ1n) is 3.67. The Morgan fingerprint density at radius 3 is 2.41 bits per heavy atom. The van der Waals surface area contributed by atoms with Gasteiger partial charge >= 0.3 is 6.36 Å². The Kier molecular flexibility index (Phi) is 3.79. The zero-order chi connectivity index (χ0) is 13.4. The Morgan fingerprint density at radius 2 is 2.00 bits per heavy atom. The minimum absolute atomic E-state index is 0.392. The minimum atomic E-state index is -5.03. The maximum Gasteiger partial charge on any atom is 0.573 e. The lowest BCUT2D eigenvalue weighted by molar-refractivity contribution is -0.274. The van der Waals surface area contributed by atoms with E-state index in [0.29, 0.717) is 6.20 Å². The zero-order valence-electron chi connectivity index (χ0n) is 7.62. The van der Waals surface area contributed by atoms with Crippen LogP contribution in [0.25, 0.3) is 0 Å². The monoisotopic (exact) mass is 354 g/mol. The number of nitrogens with two attached hydrogens (primary N) is 1. The molecular weight excluding hydrogens is 352 g/mol. The first-order valence-corrected chi connectivity index (χ1v) is 6.77. The Balaban J connectivity index is 3.41. The molecule has 11 heteroatoms. The van der Waals surface area contributed by atoms with Crippen LogP contribution in [0.15, 0.2) is 15.7 Å². The highest BCUT2D eigenvalue weighted by Crippen LogP contribution is 2.38. The van der Waals surface area contributed by atoms with Crippen molar-refractivity contribution < 1.29 is 26.3 Å². The molecule has 0 saturated heterocycles. The molecule has 0 amide bonds. The van der Waals surface area contributed by atoms with Gasteiger partial charge < -0.3 is 10.5 Å². The van der Waals surface area contributed by atoms with Crippen LogP contribution in [0.4, 0.5) is 18.9 Å². The van der Waals surface area contributed by atoms with E-state index in [4.69, 9.17) is 16.4 Å². The molecule has 0 fully saturated rings. The van der Waals surface area contributed by atoms with Crippen LogP contribution in [0.5, 0.6) is 5.75 Å². The van der Waals surface area contributed by atoms with Gasteiger partial charge in [0, 0.05) is 10.7 Å². The summed E-state index contributed by atoms with van der Waals surface area (Å²) in [6.07, 6.45) is -4.32. The first-order chi connectivity index (χ1) is 7.52. The fourth-order valence-electron chi connectivity index (χ4n) is 0.874. The average molecular weight is 356 g/mol. The molecule has 1 aromatic heterocycles. The summed E-state index contributed by atoms with van der Waals surface area (Å²) in [5.74, 6) is -0.959. The Labute approximate surface area is 106 Å². The van der Waals surface area contributed by atoms with E-state index in [9.17, 15) is 21.6 Å². The van der Waals surface area contributed by atoms with Gasteiger partial charge in [0.15, 0.2) is 10.4 Å². The van der Waals surface area contributed by atoms with E-state index in [-0.39, 0.29) is 0 Å². The van der Waals surface area contributed by atoms with Crippen molar-refractivity contribution in [1.29, 1.82) is 0 Å². The molecule has 0 aliphatic carbocycles. The predicted octanol–water partition coefficient (Wildman–Crippen LogP) is 2.25. The molecule has 1 aromatic rings. The van der Waals surface area contributed by atoms with Gasteiger partial charge in [0.05, 0.1) is 11.9 Å². The molecule has 1 heterocycles. The van der Waals surface area contributed by atoms with Crippen LogP contribution in [0, 0.1) is 0 Å². The molecule has 0 bridgehead atoms. The summed E-state index contributed by atoms with van der Waals surface area (Å²) in [4.78, 5) is 2.58. The van der Waals surface area contributed by atoms with E-state index < -0.39 is 36.3 Å². The van der Waals surface area contributed by atoms with Crippen LogP contribution in [0.1, 0.15) is 0 Å². The summed E-state index contributed by atoms with van der Waals surface area (Å²) in [6.45, 7) is 0. The highest BCUT2D eigenvalue weighted by atomic mass is 79.9. The van der Waals surface area contributed by atoms with E-state index in [1.165, 1.54) is 0 Å². The van der Waals surface area contributed by atoms with Crippen molar-refractivity contribution in [3.63, 3.8) is 0 Å². The van der Waals surface area contributed by atoms with Gasteiger partial charge in [-0.15, -0.1) is 13.2 Å². The molecule has 0 atom stereocenters. The molecule has 96 valence electrons. The first kappa shape index (κ1) is 14.3.